The molecule has 1 atom stereocenters. The molecule has 5 nitrogen and oxygen atoms in total. The highest BCUT2D eigenvalue weighted by molar-refractivity contribution is 5.98. The van der Waals surface area contributed by atoms with Crippen molar-refractivity contribution in [3.05, 3.63) is 47.1 Å². The Labute approximate surface area is 140 Å². The highest BCUT2D eigenvalue weighted by Gasteiger charge is 2.32. The van der Waals surface area contributed by atoms with Gasteiger partial charge in [0.1, 0.15) is 12.4 Å². The van der Waals surface area contributed by atoms with Gasteiger partial charge in [0.05, 0.1) is 7.11 Å². The maximum atomic E-state index is 12.0. The van der Waals surface area contributed by atoms with Gasteiger partial charge in [0.15, 0.2) is 5.78 Å². The molecule has 1 aliphatic heterocycles. The van der Waals surface area contributed by atoms with Crippen LogP contribution in [0.4, 0.5) is 0 Å². The van der Waals surface area contributed by atoms with E-state index in [1.54, 1.807) is 13.2 Å². The van der Waals surface area contributed by atoms with Gasteiger partial charge in [0.2, 0.25) is 6.29 Å². The van der Waals surface area contributed by atoms with Crippen LogP contribution in [0.3, 0.4) is 0 Å². The quantitative estimate of drug-likeness (QED) is 0.628. The number of methoxy groups -OCH3 is 1. The second kappa shape index (κ2) is 7.45. The topological polar surface area (TPSA) is 61.8 Å². The van der Waals surface area contributed by atoms with E-state index >= 15 is 0 Å². The number of Topliss-reactive ketones (excluding diaryl/α,β-unsaturated/α-hetero) is 1. The molecule has 126 valence electrons. The Balaban J connectivity index is 1.64. The summed E-state index contributed by atoms with van der Waals surface area (Å²) in [5.74, 6) is 0.292. The molecule has 0 spiro atoms. The predicted molar refractivity (Wildman–Crippen MR) is 88.4 cm³/mol. The zero-order valence-electron chi connectivity index (χ0n) is 13.6. The highest BCUT2D eigenvalue weighted by atomic mass is 16.7. The molecule has 1 aromatic rings. The van der Waals surface area contributed by atoms with Crippen LogP contribution in [-0.2, 0) is 19.1 Å². The average Bonchev–Trinajstić information content (AvgIpc) is 2.63. The summed E-state index contributed by atoms with van der Waals surface area (Å²) in [6.45, 7) is -0.0149. The number of carbonyl (C=O) groups excluding carboxylic acids is 2. The minimum atomic E-state index is -0.731. The molecule has 0 saturated carbocycles. The van der Waals surface area contributed by atoms with E-state index in [-0.39, 0.29) is 12.4 Å². The highest BCUT2D eigenvalue weighted by Crippen LogP contribution is 2.32. The number of hydrogen-bond donors (Lipinski definition) is 0. The van der Waals surface area contributed by atoms with Crippen LogP contribution in [0.1, 0.15) is 31.2 Å². The summed E-state index contributed by atoms with van der Waals surface area (Å²) in [5.41, 5.74) is 2.50. The van der Waals surface area contributed by atoms with E-state index in [9.17, 15) is 9.59 Å². The van der Waals surface area contributed by atoms with E-state index < -0.39 is 12.3 Å². The summed E-state index contributed by atoms with van der Waals surface area (Å²) >= 11 is 0. The van der Waals surface area contributed by atoms with Crippen LogP contribution in [-0.4, -0.2) is 31.8 Å². The Morgan fingerprint density at radius 1 is 1.21 bits per heavy atom. The molecule has 1 aliphatic carbocycles. The molecule has 2 aliphatic rings. The van der Waals surface area contributed by atoms with Crippen LogP contribution >= 0.6 is 0 Å². The van der Waals surface area contributed by atoms with Gasteiger partial charge in [-0.15, -0.1) is 0 Å². The van der Waals surface area contributed by atoms with Crippen LogP contribution in [0.5, 0.6) is 5.75 Å². The lowest BCUT2D eigenvalue weighted by atomic mass is 9.87. The van der Waals surface area contributed by atoms with Crippen molar-refractivity contribution in [2.24, 2.45) is 0 Å². The second-order valence-electron chi connectivity index (χ2n) is 5.82. The van der Waals surface area contributed by atoms with Gasteiger partial charge >= 0.3 is 5.97 Å². The summed E-state index contributed by atoms with van der Waals surface area (Å²) in [6, 6.07) is 7.33. The third-order valence-electron chi connectivity index (χ3n) is 4.25. The molecule has 1 aromatic carbocycles. The van der Waals surface area contributed by atoms with Crippen molar-refractivity contribution < 1.29 is 23.8 Å². The van der Waals surface area contributed by atoms with Crippen LogP contribution in [0.2, 0.25) is 0 Å². The van der Waals surface area contributed by atoms with E-state index in [0.29, 0.717) is 0 Å². The normalized spacial score (nSPS) is 20.9. The smallest absolute Gasteiger partial charge is 0.333 e. The molecule has 0 unspecified atom stereocenters. The second-order valence-corrected chi connectivity index (χ2v) is 5.82. The number of rotatable bonds is 4. The lowest BCUT2D eigenvalue weighted by Crippen LogP contribution is -2.34. The molecule has 0 fully saturated rings. The lowest BCUT2D eigenvalue weighted by molar-refractivity contribution is -0.170. The van der Waals surface area contributed by atoms with Crippen molar-refractivity contribution in [3.8, 4) is 5.75 Å². The fourth-order valence-corrected chi connectivity index (χ4v) is 2.98. The van der Waals surface area contributed by atoms with Gasteiger partial charge in [0, 0.05) is 17.2 Å². The van der Waals surface area contributed by atoms with Crippen molar-refractivity contribution in [1.29, 1.82) is 0 Å². The van der Waals surface area contributed by atoms with E-state index in [2.05, 4.69) is 0 Å². The third kappa shape index (κ3) is 3.74. The molecule has 0 radical (unpaired) electrons. The van der Waals surface area contributed by atoms with Crippen molar-refractivity contribution >= 4 is 17.8 Å². The average molecular weight is 328 g/mol. The van der Waals surface area contributed by atoms with Gasteiger partial charge in [-0.25, -0.2) is 4.79 Å². The summed E-state index contributed by atoms with van der Waals surface area (Å²) < 4.78 is 15.9. The lowest BCUT2D eigenvalue weighted by Gasteiger charge is -2.30. The van der Waals surface area contributed by atoms with Gasteiger partial charge in [-0.1, -0.05) is 12.1 Å². The van der Waals surface area contributed by atoms with Crippen LogP contribution in [0.25, 0.3) is 6.08 Å². The zero-order valence-corrected chi connectivity index (χ0v) is 13.6. The Hall–Kier alpha value is -2.40. The van der Waals surface area contributed by atoms with Crippen molar-refractivity contribution in [2.45, 2.75) is 32.0 Å². The third-order valence-corrected chi connectivity index (χ3v) is 4.25. The first-order valence-electron chi connectivity index (χ1n) is 8.07. The van der Waals surface area contributed by atoms with Crippen LogP contribution < -0.4 is 4.74 Å². The number of benzene rings is 1. The molecule has 0 N–H and O–H groups in total. The fraction of sp³-hybridized carbons (Fsp3) is 0.368. The molecule has 3 rings (SSSR count). The Kier molecular flexibility index (Phi) is 5.11. The standard InChI is InChI=1S/C19H20O5/c1-22-14-9-6-13(7-10-14)8-11-18(21)24-19-16-5-3-2-4-15(16)17(20)12-23-19/h6-11,19H,2-5,12H2,1H3/b11-8+/t19-/m0/s1. The first-order chi connectivity index (χ1) is 11.7. The minimum absolute atomic E-state index is 0.0149. The zero-order chi connectivity index (χ0) is 16.9. The van der Waals surface area contributed by atoms with Gasteiger partial charge in [-0.3, -0.25) is 4.79 Å². The first kappa shape index (κ1) is 16.5. The molecule has 0 amide bonds. The predicted octanol–water partition coefficient (Wildman–Crippen LogP) is 3.05. The SMILES string of the molecule is COc1ccc(/C=C/C(=O)O[C@@H]2OCC(=O)C3=C2CCCC3)cc1. The Bertz CT molecular complexity index is 684. The van der Waals surface area contributed by atoms with Crippen molar-refractivity contribution in [3.63, 3.8) is 0 Å². The number of ether oxygens (including phenoxy) is 3. The molecule has 0 bridgehead atoms. The minimum Gasteiger partial charge on any atom is -0.497 e. The summed E-state index contributed by atoms with van der Waals surface area (Å²) in [4.78, 5) is 23.9. The van der Waals surface area contributed by atoms with E-state index in [1.807, 2.05) is 24.3 Å². The Morgan fingerprint density at radius 3 is 2.71 bits per heavy atom. The summed E-state index contributed by atoms with van der Waals surface area (Å²) in [5, 5.41) is 0. The van der Waals surface area contributed by atoms with Gasteiger partial charge in [-0.05, 0) is 49.5 Å². The maximum absolute atomic E-state index is 12.0. The summed E-state index contributed by atoms with van der Waals surface area (Å²) in [6.07, 6.45) is 5.81. The number of ketones is 1. The van der Waals surface area contributed by atoms with E-state index in [4.69, 9.17) is 14.2 Å². The maximum Gasteiger partial charge on any atom is 0.333 e. The molecule has 1 heterocycles. The van der Waals surface area contributed by atoms with E-state index in [0.717, 1.165) is 48.1 Å². The Morgan fingerprint density at radius 2 is 1.96 bits per heavy atom. The van der Waals surface area contributed by atoms with Crippen LogP contribution in [0.15, 0.2) is 41.5 Å². The van der Waals surface area contributed by atoms with E-state index in [1.165, 1.54) is 6.08 Å². The van der Waals surface area contributed by atoms with Gasteiger partial charge < -0.3 is 14.2 Å². The van der Waals surface area contributed by atoms with Crippen molar-refractivity contribution in [2.75, 3.05) is 13.7 Å². The number of esters is 1. The molecule has 0 aromatic heterocycles. The van der Waals surface area contributed by atoms with Crippen LogP contribution in [0, 0.1) is 0 Å². The van der Waals surface area contributed by atoms with Gasteiger partial charge in [0.25, 0.3) is 0 Å². The first-order valence-corrected chi connectivity index (χ1v) is 8.07. The fourth-order valence-electron chi connectivity index (χ4n) is 2.98. The van der Waals surface area contributed by atoms with Crippen molar-refractivity contribution in [1.82, 2.24) is 0 Å². The summed E-state index contributed by atoms with van der Waals surface area (Å²) in [7, 11) is 1.60. The monoisotopic (exact) mass is 328 g/mol. The number of hydrogen-bond acceptors (Lipinski definition) is 5. The molecule has 5 heteroatoms. The van der Waals surface area contributed by atoms with Gasteiger partial charge in [-0.2, -0.15) is 0 Å². The molecular weight excluding hydrogens is 308 g/mol. The number of carbonyl (C=O) groups is 2. The molecule has 0 saturated heterocycles. The largest absolute Gasteiger partial charge is 0.497 e. The molecular formula is C19H20O5. The molecule has 24 heavy (non-hydrogen) atoms.